The van der Waals surface area contributed by atoms with Crippen LogP contribution >= 0.6 is 0 Å². The predicted molar refractivity (Wildman–Crippen MR) is 103 cm³/mol. The van der Waals surface area contributed by atoms with E-state index in [1.54, 1.807) is 6.08 Å². The Morgan fingerprint density at radius 2 is 1.85 bits per heavy atom. The molecular formula is C22H33NO4. The summed E-state index contributed by atoms with van der Waals surface area (Å²) in [5.41, 5.74) is 0.264. The summed E-state index contributed by atoms with van der Waals surface area (Å²) >= 11 is 0. The van der Waals surface area contributed by atoms with Crippen molar-refractivity contribution in [1.82, 2.24) is 0 Å². The summed E-state index contributed by atoms with van der Waals surface area (Å²) in [6.45, 7) is 6.29. The van der Waals surface area contributed by atoms with Crippen molar-refractivity contribution in [3.05, 3.63) is 11.6 Å². The molecule has 27 heavy (non-hydrogen) atoms. The fraction of sp³-hybridized carbons (Fsp3) is 0.818. The first-order valence-corrected chi connectivity index (χ1v) is 10.4. The fourth-order valence-electron chi connectivity index (χ4n) is 7.20. The van der Waals surface area contributed by atoms with Gasteiger partial charge < -0.3 is 15.3 Å². The van der Waals surface area contributed by atoms with Crippen LogP contribution in [0, 0.1) is 28.6 Å². The molecule has 8 atom stereocenters. The van der Waals surface area contributed by atoms with Gasteiger partial charge in [0.1, 0.15) is 0 Å². The van der Waals surface area contributed by atoms with E-state index < -0.39 is 23.2 Å². The maximum atomic E-state index is 13.0. The largest absolute Gasteiger partial charge is 0.390 e. The summed E-state index contributed by atoms with van der Waals surface area (Å²) in [5.74, 6) is 0.0530. The molecule has 0 aliphatic heterocycles. The maximum absolute atomic E-state index is 13.0. The highest BCUT2D eigenvalue weighted by Crippen LogP contribution is 2.67. The van der Waals surface area contributed by atoms with E-state index in [0.717, 1.165) is 30.5 Å². The van der Waals surface area contributed by atoms with Gasteiger partial charge in [-0.15, -0.1) is 0 Å². The molecule has 4 rings (SSSR count). The van der Waals surface area contributed by atoms with Gasteiger partial charge in [-0.05, 0) is 68.4 Å². The van der Waals surface area contributed by atoms with E-state index in [-0.39, 0.29) is 29.0 Å². The van der Waals surface area contributed by atoms with Crippen molar-refractivity contribution in [3.8, 4) is 0 Å². The lowest BCUT2D eigenvalue weighted by atomic mass is 9.46. The SMILES string of the molecule is C/N=C(/C)C1CC[C@@]2(O)C3=CC(=O)C4CC(O)C(O)CC4(C)C3CCC12C. The zero-order valence-corrected chi connectivity index (χ0v) is 16.9. The summed E-state index contributed by atoms with van der Waals surface area (Å²) in [4.78, 5) is 17.5. The van der Waals surface area contributed by atoms with Crippen molar-refractivity contribution in [2.24, 2.45) is 33.6 Å². The molecule has 0 radical (unpaired) electrons. The first-order chi connectivity index (χ1) is 12.6. The molecule has 5 nitrogen and oxygen atoms in total. The highest BCUT2D eigenvalue weighted by atomic mass is 16.3. The first-order valence-electron chi connectivity index (χ1n) is 10.4. The minimum atomic E-state index is -0.989. The van der Waals surface area contributed by atoms with E-state index in [1.807, 2.05) is 14.0 Å². The summed E-state index contributed by atoms with van der Waals surface area (Å²) in [7, 11) is 1.81. The third kappa shape index (κ3) is 2.34. The summed E-state index contributed by atoms with van der Waals surface area (Å²) in [6.07, 6.45) is 4.14. The van der Waals surface area contributed by atoms with Crippen molar-refractivity contribution in [3.63, 3.8) is 0 Å². The summed E-state index contributed by atoms with van der Waals surface area (Å²) in [5, 5.41) is 32.4. The number of carbonyl (C=O) groups excluding carboxylic acids is 1. The van der Waals surface area contributed by atoms with Crippen LogP contribution in [-0.2, 0) is 4.79 Å². The van der Waals surface area contributed by atoms with E-state index in [4.69, 9.17) is 0 Å². The molecule has 3 saturated carbocycles. The summed E-state index contributed by atoms with van der Waals surface area (Å²) < 4.78 is 0. The molecule has 3 N–H and O–H groups in total. The van der Waals surface area contributed by atoms with Crippen molar-refractivity contribution in [1.29, 1.82) is 0 Å². The van der Waals surface area contributed by atoms with Crippen LogP contribution in [-0.4, -0.2) is 51.7 Å². The summed E-state index contributed by atoms with van der Waals surface area (Å²) in [6, 6.07) is 0. The molecule has 4 aliphatic carbocycles. The number of aliphatic imine (C=N–C) groups is 1. The second-order valence-corrected chi connectivity index (χ2v) is 9.96. The molecule has 0 aromatic rings. The van der Waals surface area contributed by atoms with Crippen LogP contribution in [0.3, 0.4) is 0 Å². The number of aliphatic hydroxyl groups excluding tert-OH is 2. The quantitative estimate of drug-likeness (QED) is 0.613. The Kier molecular flexibility index (Phi) is 4.27. The van der Waals surface area contributed by atoms with Gasteiger partial charge in [-0.3, -0.25) is 9.79 Å². The number of hydrogen-bond donors (Lipinski definition) is 3. The zero-order chi connectivity index (χ0) is 19.8. The Hall–Kier alpha value is -1.04. The monoisotopic (exact) mass is 375 g/mol. The number of fused-ring (bicyclic) bond motifs is 5. The van der Waals surface area contributed by atoms with Crippen molar-refractivity contribution in [2.75, 3.05) is 7.05 Å². The Balaban J connectivity index is 1.79. The minimum absolute atomic E-state index is 0.0108. The van der Waals surface area contributed by atoms with Crippen LogP contribution in [0.15, 0.2) is 16.6 Å². The van der Waals surface area contributed by atoms with E-state index in [0.29, 0.717) is 19.3 Å². The highest BCUT2D eigenvalue weighted by Gasteiger charge is 2.66. The topological polar surface area (TPSA) is 90.1 Å². The lowest BCUT2D eigenvalue weighted by Gasteiger charge is -2.59. The van der Waals surface area contributed by atoms with Crippen molar-refractivity contribution >= 4 is 11.5 Å². The van der Waals surface area contributed by atoms with Gasteiger partial charge in [0.15, 0.2) is 5.78 Å². The minimum Gasteiger partial charge on any atom is -0.390 e. The fourth-order valence-corrected chi connectivity index (χ4v) is 7.20. The van der Waals surface area contributed by atoms with E-state index >= 15 is 0 Å². The molecule has 4 aliphatic rings. The number of hydrogen-bond acceptors (Lipinski definition) is 5. The standard InChI is InChI=1S/C22H33NO4/c1-12(23-4)13-6-8-22(27)15-9-17(24)16-10-18(25)19(26)11-20(16,2)14(15)5-7-21(13,22)3/h9,13-14,16,18-19,25-27H,5-8,10-11H2,1-4H3/b23-12-/t13?,14?,16?,18?,19?,20?,21?,22-/m1/s1. The number of allylic oxidation sites excluding steroid dienone is 1. The van der Waals surface area contributed by atoms with E-state index in [1.165, 1.54) is 0 Å². The molecule has 0 bridgehead atoms. The lowest BCUT2D eigenvalue weighted by molar-refractivity contribution is -0.151. The average molecular weight is 376 g/mol. The smallest absolute Gasteiger partial charge is 0.159 e. The second-order valence-electron chi connectivity index (χ2n) is 9.96. The average Bonchev–Trinajstić information content (AvgIpc) is 2.89. The second kappa shape index (κ2) is 5.98. The zero-order valence-electron chi connectivity index (χ0n) is 16.9. The molecular weight excluding hydrogens is 342 g/mol. The molecule has 0 heterocycles. The molecule has 0 spiro atoms. The Labute approximate surface area is 161 Å². The van der Waals surface area contributed by atoms with Crippen molar-refractivity contribution in [2.45, 2.75) is 77.1 Å². The number of carbonyl (C=O) groups is 1. The molecule has 150 valence electrons. The normalized spacial score (nSPS) is 52.7. The van der Waals surface area contributed by atoms with E-state index in [2.05, 4.69) is 18.8 Å². The molecule has 3 fully saturated rings. The van der Waals surface area contributed by atoms with Crippen LogP contribution < -0.4 is 0 Å². The maximum Gasteiger partial charge on any atom is 0.159 e. The van der Waals surface area contributed by atoms with Gasteiger partial charge in [-0.2, -0.15) is 0 Å². The van der Waals surface area contributed by atoms with Crippen LogP contribution in [0.4, 0.5) is 0 Å². The predicted octanol–water partition coefficient (Wildman–Crippen LogP) is 2.28. The molecule has 0 aromatic carbocycles. The first kappa shape index (κ1) is 19.3. The van der Waals surface area contributed by atoms with Crippen LogP contribution in [0.25, 0.3) is 0 Å². The third-order valence-corrected chi connectivity index (χ3v) is 8.97. The van der Waals surface area contributed by atoms with Crippen LogP contribution in [0.1, 0.15) is 59.3 Å². The number of nitrogens with zero attached hydrogens (tertiary/aromatic N) is 1. The van der Waals surface area contributed by atoms with Gasteiger partial charge in [-0.25, -0.2) is 0 Å². The van der Waals surface area contributed by atoms with Crippen molar-refractivity contribution < 1.29 is 20.1 Å². The Morgan fingerprint density at radius 1 is 1.15 bits per heavy atom. The molecule has 5 heteroatoms. The molecule has 7 unspecified atom stereocenters. The van der Waals surface area contributed by atoms with Gasteiger partial charge in [0, 0.05) is 30.0 Å². The number of ketones is 1. The third-order valence-electron chi connectivity index (χ3n) is 8.97. The lowest BCUT2D eigenvalue weighted by Crippen LogP contribution is -2.60. The van der Waals surface area contributed by atoms with Crippen LogP contribution in [0.5, 0.6) is 0 Å². The highest BCUT2D eigenvalue weighted by molar-refractivity contribution is 5.95. The van der Waals surface area contributed by atoms with E-state index in [9.17, 15) is 20.1 Å². The molecule has 0 saturated heterocycles. The number of rotatable bonds is 1. The van der Waals surface area contributed by atoms with Gasteiger partial charge in [0.25, 0.3) is 0 Å². The molecule has 0 aromatic heterocycles. The Morgan fingerprint density at radius 3 is 2.52 bits per heavy atom. The van der Waals surface area contributed by atoms with Gasteiger partial charge >= 0.3 is 0 Å². The van der Waals surface area contributed by atoms with Gasteiger partial charge in [0.2, 0.25) is 0 Å². The van der Waals surface area contributed by atoms with Gasteiger partial charge in [-0.1, -0.05) is 13.8 Å². The molecule has 0 amide bonds. The number of aliphatic hydroxyl groups is 3. The Bertz CT molecular complexity index is 730. The van der Waals surface area contributed by atoms with Gasteiger partial charge in [0.05, 0.1) is 17.8 Å². The van der Waals surface area contributed by atoms with Crippen LogP contribution in [0.2, 0.25) is 0 Å².